The summed E-state index contributed by atoms with van der Waals surface area (Å²) >= 11 is 6.16. The van der Waals surface area contributed by atoms with Gasteiger partial charge in [0.15, 0.2) is 0 Å². The molecule has 0 aromatic heterocycles. The molecule has 2 aromatic carbocycles. The summed E-state index contributed by atoms with van der Waals surface area (Å²) in [5.74, 6) is 0.216. The van der Waals surface area contributed by atoms with E-state index >= 15 is 0 Å². The van der Waals surface area contributed by atoms with Crippen LogP contribution in [-0.2, 0) is 9.59 Å². The van der Waals surface area contributed by atoms with Gasteiger partial charge in [-0.3, -0.25) is 14.5 Å². The van der Waals surface area contributed by atoms with E-state index < -0.39 is 6.04 Å². The van der Waals surface area contributed by atoms with Gasteiger partial charge in [-0.25, -0.2) is 0 Å². The molecule has 148 valence electrons. The Balaban J connectivity index is 1.76. The van der Waals surface area contributed by atoms with Gasteiger partial charge in [-0.05, 0) is 43.7 Å². The highest BCUT2D eigenvalue weighted by atomic mass is 35.5. The molecule has 0 spiro atoms. The third kappa shape index (κ3) is 5.24. The van der Waals surface area contributed by atoms with E-state index in [1.54, 1.807) is 30.1 Å². The quantitative estimate of drug-likeness (QED) is 0.712. The van der Waals surface area contributed by atoms with Crippen molar-refractivity contribution in [3.63, 3.8) is 0 Å². The van der Waals surface area contributed by atoms with Crippen LogP contribution in [-0.4, -0.2) is 43.5 Å². The molecule has 0 saturated heterocycles. The fraction of sp³-hybridized carbons (Fsp3) is 0.333. The highest BCUT2D eigenvalue weighted by Gasteiger charge is 2.29. The maximum atomic E-state index is 13.1. The Labute approximate surface area is 169 Å². The molecule has 28 heavy (non-hydrogen) atoms. The lowest BCUT2D eigenvalue weighted by Crippen LogP contribution is -2.41. The number of ether oxygens (including phenoxy) is 1. The van der Waals surface area contributed by atoms with Crippen LogP contribution in [0.5, 0.6) is 5.75 Å². The zero-order valence-electron chi connectivity index (χ0n) is 15.9. The minimum atomic E-state index is -0.618. The first-order chi connectivity index (χ1) is 13.5. The van der Waals surface area contributed by atoms with Gasteiger partial charge in [-0.15, -0.1) is 0 Å². The molecule has 1 aliphatic rings. The standard InChI is InChI=1S/C21H24ClN3O3/c1-25(13-19(26)23-15-8-9-15)20(14-6-4-3-5-7-14)21(27)24-16-10-11-18(28-2)17(22)12-16/h3-7,10-12,15,20H,8-9,13H2,1-2H3,(H,23,26)(H,24,27)/t20-/m0/s1. The number of nitrogens with one attached hydrogen (secondary N) is 2. The van der Waals surface area contributed by atoms with Gasteiger partial charge in [-0.1, -0.05) is 41.9 Å². The molecular weight excluding hydrogens is 378 g/mol. The number of anilines is 1. The Morgan fingerprint density at radius 1 is 1.21 bits per heavy atom. The Hall–Kier alpha value is -2.57. The van der Waals surface area contributed by atoms with Crippen LogP contribution in [0.15, 0.2) is 48.5 Å². The van der Waals surface area contributed by atoms with Gasteiger partial charge >= 0.3 is 0 Å². The van der Waals surface area contributed by atoms with E-state index in [9.17, 15) is 9.59 Å². The van der Waals surface area contributed by atoms with Crippen LogP contribution in [0.2, 0.25) is 5.02 Å². The maximum absolute atomic E-state index is 13.1. The Morgan fingerprint density at radius 3 is 2.54 bits per heavy atom. The third-order valence-electron chi connectivity index (χ3n) is 4.56. The number of carbonyl (C=O) groups excluding carboxylic acids is 2. The predicted molar refractivity (Wildman–Crippen MR) is 110 cm³/mol. The van der Waals surface area contributed by atoms with Crippen LogP contribution in [0.4, 0.5) is 5.69 Å². The average molecular weight is 402 g/mol. The van der Waals surface area contributed by atoms with Crippen LogP contribution in [0, 0.1) is 0 Å². The second kappa shape index (κ2) is 9.08. The number of benzene rings is 2. The fourth-order valence-electron chi connectivity index (χ4n) is 3.01. The van der Waals surface area contributed by atoms with E-state index in [4.69, 9.17) is 16.3 Å². The lowest BCUT2D eigenvalue weighted by Gasteiger charge is -2.27. The molecular formula is C21H24ClN3O3. The summed E-state index contributed by atoms with van der Waals surface area (Å²) < 4.78 is 5.14. The zero-order chi connectivity index (χ0) is 20.1. The minimum absolute atomic E-state index is 0.0776. The number of halogens is 1. The second-order valence-corrected chi connectivity index (χ2v) is 7.32. The van der Waals surface area contributed by atoms with Crippen molar-refractivity contribution in [3.8, 4) is 5.75 Å². The summed E-state index contributed by atoms with van der Waals surface area (Å²) in [5, 5.41) is 6.25. The molecule has 1 fully saturated rings. The number of hydrogen-bond donors (Lipinski definition) is 2. The molecule has 1 saturated carbocycles. The summed E-state index contributed by atoms with van der Waals surface area (Å²) in [7, 11) is 3.30. The van der Waals surface area contributed by atoms with E-state index in [1.165, 1.54) is 7.11 Å². The second-order valence-electron chi connectivity index (χ2n) is 6.91. The number of likely N-dealkylation sites (N-methyl/N-ethyl adjacent to an activating group) is 1. The topological polar surface area (TPSA) is 70.7 Å². The molecule has 0 bridgehead atoms. The highest BCUT2D eigenvalue weighted by molar-refractivity contribution is 6.32. The number of nitrogens with zero attached hydrogens (tertiary/aromatic N) is 1. The van der Waals surface area contributed by atoms with Crippen molar-refractivity contribution in [1.82, 2.24) is 10.2 Å². The third-order valence-corrected chi connectivity index (χ3v) is 4.85. The smallest absolute Gasteiger partial charge is 0.246 e. The molecule has 1 atom stereocenters. The Morgan fingerprint density at radius 2 is 1.93 bits per heavy atom. The van der Waals surface area contributed by atoms with Gasteiger partial charge in [0.1, 0.15) is 11.8 Å². The number of methoxy groups -OCH3 is 1. The summed E-state index contributed by atoms with van der Waals surface area (Å²) in [4.78, 5) is 27.0. The zero-order valence-corrected chi connectivity index (χ0v) is 16.7. The van der Waals surface area contributed by atoms with Crippen molar-refractivity contribution in [3.05, 3.63) is 59.1 Å². The Kier molecular flexibility index (Phi) is 6.54. The van der Waals surface area contributed by atoms with E-state index in [0.717, 1.165) is 18.4 Å². The maximum Gasteiger partial charge on any atom is 0.246 e. The van der Waals surface area contributed by atoms with Crippen molar-refractivity contribution in [2.45, 2.75) is 24.9 Å². The lowest BCUT2D eigenvalue weighted by molar-refractivity contribution is -0.125. The molecule has 0 aliphatic heterocycles. The molecule has 2 aromatic rings. The van der Waals surface area contributed by atoms with Gasteiger partial charge < -0.3 is 15.4 Å². The number of hydrogen-bond acceptors (Lipinski definition) is 4. The fourth-order valence-corrected chi connectivity index (χ4v) is 3.27. The van der Waals surface area contributed by atoms with Crippen molar-refractivity contribution in [2.75, 3.05) is 26.0 Å². The largest absolute Gasteiger partial charge is 0.495 e. The summed E-state index contributed by atoms with van der Waals surface area (Å²) in [6, 6.07) is 14.1. The summed E-state index contributed by atoms with van der Waals surface area (Å²) in [6.07, 6.45) is 2.05. The molecule has 0 heterocycles. The number of amides is 2. The first-order valence-electron chi connectivity index (χ1n) is 9.17. The number of rotatable bonds is 8. The molecule has 2 N–H and O–H groups in total. The first-order valence-corrected chi connectivity index (χ1v) is 9.54. The van der Waals surface area contributed by atoms with Crippen molar-refractivity contribution in [1.29, 1.82) is 0 Å². The average Bonchev–Trinajstić information content (AvgIpc) is 3.46. The normalized spacial score (nSPS) is 14.4. The first kappa shape index (κ1) is 20.2. The predicted octanol–water partition coefficient (Wildman–Crippen LogP) is 3.24. The molecule has 3 rings (SSSR count). The van der Waals surface area contributed by atoms with Gasteiger partial charge in [0.25, 0.3) is 0 Å². The Bertz CT molecular complexity index is 840. The van der Waals surface area contributed by atoms with E-state index in [2.05, 4.69) is 10.6 Å². The SMILES string of the molecule is COc1ccc(NC(=O)[C@H](c2ccccc2)N(C)CC(=O)NC2CC2)cc1Cl. The molecule has 0 unspecified atom stereocenters. The van der Waals surface area contributed by atoms with Crippen molar-refractivity contribution in [2.24, 2.45) is 0 Å². The molecule has 0 radical (unpaired) electrons. The summed E-state index contributed by atoms with van der Waals surface area (Å²) in [5.41, 5.74) is 1.37. The van der Waals surface area contributed by atoms with Crippen molar-refractivity contribution >= 4 is 29.1 Å². The molecule has 6 nitrogen and oxygen atoms in total. The monoisotopic (exact) mass is 401 g/mol. The number of carbonyl (C=O) groups is 2. The van der Waals surface area contributed by atoms with Gasteiger partial charge in [0.05, 0.1) is 18.7 Å². The van der Waals surface area contributed by atoms with E-state index in [0.29, 0.717) is 16.5 Å². The van der Waals surface area contributed by atoms with Gasteiger partial charge in [-0.2, -0.15) is 0 Å². The lowest BCUT2D eigenvalue weighted by atomic mass is 10.0. The van der Waals surface area contributed by atoms with Gasteiger partial charge in [0, 0.05) is 11.7 Å². The van der Waals surface area contributed by atoms with Crippen LogP contribution in [0.1, 0.15) is 24.4 Å². The van der Waals surface area contributed by atoms with Crippen LogP contribution < -0.4 is 15.4 Å². The summed E-state index contributed by atoms with van der Waals surface area (Å²) in [6.45, 7) is 0.132. The van der Waals surface area contributed by atoms with E-state index in [1.807, 2.05) is 30.3 Å². The molecule has 1 aliphatic carbocycles. The van der Waals surface area contributed by atoms with Crippen LogP contribution >= 0.6 is 11.6 Å². The minimum Gasteiger partial charge on any atom is -0.495 e. The van der Waals surface area contributed by atoms with E-state index in [-0.39, 0.29) is 24.4 Å². The van der Waals surface area contributed by atoms with Gasteiger partial charge in [0.2, 0.25) is 11.8 Å². The molecule has 7 heteroatoms. The molecule has 2 amide bonds. The van der Waals surface area contributed by atoms with Crippen LogP contribution in [0.25, 0.3) is 0 Å². The van der Waals surface area contributed by atoms with Crippen LogP contribution in [0.3, 0.4) is 0 Å². The van der Waals surface area contributed by atoms with Crippen molar-refractivity contribution < 1.29 is 14.3 Å². The highest BCUT2D eigenvalue weighted by Crippen LogP contribution is 2.28.